The number of ether oxygens (including phenoxy) is 1. The SMILES string of the molecule is CCC(C(=O)NC(C)C)N(Cc1ccc(Cl)cc1)C(=O)CN(c1ccccc1OC)S(=O)(=O)c1ccc(C)cc1. The first-order valence-corrected chi connectivity index (χ1v) is 14.9. The smallest absolute Gasteiger partial charge is 0.264 e. The largest absolute Gasteiger partial charge is 0.495 e. The van der Waals surface area contributed by atoms with Crippen molar-refractivity contribution in [3.63, 3.8) is 0 Å². The van der Waals surface area contributed by atoms with Crippen LogP contribution in [0.25, 0.3) is 0 Å². The number of hydrogen-bond acceptors (Lipinski definition) is 5. The number of anilines is 1. The predicted molar refractivity (Wildman–Crippen MR) is 158 cm³/mol. The Balaban J connectivity index is 2.09. The first kappa shape index (κ1) is 31.0. The van der Waals surface area contributed by atoms with Gasteiger partial charge in [-0.1, -0.05) is 60.5 Å². The van der Waals surface area contributed by atoms with Crippen molar-refractivity contribution < 1.29 is 22.7 Å². The Bertz CT molecular complexity index is 1410. The minimum Gasteiger partial charge on any atom is -0.495 e. The summed E-state index contributed by atoms with van der Waals surface area (Å²) in [5, 5.41) is 3.42. The van der Waals surface area contributed by atoms with Gasteiger partial charge in [0.1, 0.15) is 18.3 Å². The fraction of sp³-hybridized carbons (Fsp3) is 0.333. The second-order valence-corrected chi connectivity index (χ2v) is 12.0. The summed E-state index contributed by atoms with van der Waals surface area (Å²) in [7, 11) is -2.76. The zero-order valence-electron chi connectivity index (χ0n) is 23.4. The molecule has 10 heteroatoms. The highest BCUT2D eigenvalue weighted by Crippen LogP contribution is 2.32. The fourth-order valence-electron chi connectivity index (χ4n) is 4.27. The normalized spacial score (nSPS) is 12.1. The predicted octanol–water partition coefficient (Wildman–Crippen LogP) is 5.18. The Labute approximate surface area is 241 Å². The van der Waals surface area contributed by atoms with Gasteiger partial charge in [0.2, 0.25) is 11.8 Å². The van der Waals surface area contributed by atoms with Gasteiger partial charge in [0.15, 0.2) is 0 Å². The Kier molecular flexibility index (Phi) is 10.6. The summed E-state index contributed by atoms with van der Waals surface area (Å²) in [6.45, 7) is 6.90. The van der Waals surface area contributed by atoms with Gasteiger partial charge in [0, 0.05) is 17.6 Å². The number of nitrogens with one attached hydrogen (secondary N) is 1. The molecule has 0 radical (unpaired) electrons. The topological polar surface area (TPSA) is 96.0 Å². The Morgan fingerprint density at radius 2 is 1.60 bits per heavy atom. The van der Waals surface area contributed by atoms with Crippen LogP contribution < -0.4 is 14.4 Å². The lowest BCUT2D eigenvalue weighted by atomic mass is 10.1. The molecule has 0 fully saturated rings. The van der Waals surface area contributed by atoms with Crippen LogP contribution in [0.2, 0.25) is 5.02 Å². The lowest BCUT2D eigenvalue weighted by Crippen LogP contribution is -2.53. The van der Waals surface area contributed by atoms with Gasteiger partial charge in [-0.3, -0.25) is 13.9 Å². The van der Waals surface area contributed by atoms with E-state index in [1.807, 2.05) is 27.7 Å². The number of rotatable bonds is 12. The standard InChI is InChI=1S/C30H36ClN3O5S/c1-6-26(30(36)32-21(2)3)33(19-23-13-15-24(31)16-14-23)29(35)20-34(27-9-7-8-10-28(27)39-5)40(37,38)25-17-11-22(4)12-18-25/h7-18,21,26H,6,19-20H2,1-5H3,(H,32,36). The van der Waals surface area contributed by atoms with Crippen molar-refractivity contribution in [3.05, 3.63) is 88.9 Å². The van der Waals surface area contributed by atoms with E-state index >= 15 is 0 Å². The molecule has 40 heavy (non-hydrogen) atoms. The molecule has 0 aromatic heterocycles. The van der Waals surface area contributed by atoms with E-state index in [0.717, 1.165) is 15.4 Å². The molecule has 1 atom stereocenters. The van der Waals surface area contributed by atoms with Gasteiger partial charge >= 0.3 is 0 Å². The molecule has 0 aliphatic heterocycles. The maximum Gasteiger partial charge on any atom is 0.264 e. The van der Waals surface area contributed by atoms with E-state index in [4.69, 9.17) is 16.3 Å². The van der Waals surface area contributed by atoms with E-state index < -0.39 is 28.5 Å². The lowest BCUT2D eigenvalue weighted by molar-refractivity contribution is -0.140. The summed E-state index contributed by atoms with van der Waals surface area (Å²) in [4.78, 5) is 28.8. The molecule has 0 bridgehead atoms. The molecule has 1 unspecified atom stereocenters. The highest BCUT2D eigenvalue weighted by molar-refractivity contribution is 7.92. The Morgan fingerprint density at radius 3 is 2.17 bits per heavy atom. The van der Waals surface area contributed by atoms with Crippen molar-refractivity contribution in [2.24, 2.45) is 0 Å². The summed E-state index contributed by atoms with van der Waals surface area (Å²) in [5.41, 5.74) is 1.86. The monoisotopic (exact) mass is 585 g/mol. The highest BCUT2D eigenvalue weighted by Gasteiger charge is 2.34. The average Bonchev–Trinajstić information content (AvgIpc) is 2.92. The molecule has 0 aliphatic rings. The van der Waals surface area contributed by atoms with Gasteiger partial charge in [-0.2, -0.15) is 0 Å². The average molecular weight is 586 g/mol. The van der Waals surface area contributed by atoms with Crippen molar-refractivity contribution >= 4 is 39.1 Å². The molecular formula is C30H36ClN3O5S. The number of benzene rings is 3. The lowest BCUT2D eigenvalue weighted by Gasteiger charge is -2.33. The molecule has 2 amide bonds. The maximum atomic E-state index is 14.1. The zero-order chi connectivity index (χ0) is 29.4. The number of carbonyl (C=O) groups is 2. The van der Waals surface area contributed by atoms with E-state index in [-0.39, 0.29) is 29.1 Å². The summed E-state index contributed by atoms with van der Waals surface area (Å²) >= 11 is 6.06. The van der Waals surface area contributed by atoms with E-state index in [2.05, 4.69) is 5.32 Å². The van der Waals surface area contributed by atoms with Crippen LogP contribution in [0.3, 0.4) is 0 Å². The van der Waals surface area contributed by atoms with Crippen LogP contribution in [-0.2, 0) is 26.2 Å². The first-order chi connectivity index (χ1) is 19.0. The number of para-hydroxylation sites is 2. The quantitative estimate of drug-likeness (QED) is 0.316. The van der Waals surface area contributed by atoms with Crippen LogP contribution in [0, 0.1) is 6.92 Å². The summed E-state index contributed by atoms with van der Waals surface area (Å²) in [6, 6.07) is 19.0. The molecule has 8 nitrogen and oxygen atoms in total. The number of sulfonamides is 1. The second kappa shape index (κ2) is 13.7. The van der Waals surface area contributed by atoms with E-state index in [1.165, 1.54) is 24.1 Å². The molecule has 0 saturated carbocycles. The molecule has 0 heterocycles. The number of carbonyl (C=O) groups excluding carboxylic acids is 2. The van der Waals surface area contributed by atoms with E-state index in [9.17, 15) is 18.0 Å². The molecule has 1 N–H and O–H groups in total. The van der Waals surface area contributed by atoms with Crippen LogP contribution in [0.1, 0.15) is 38.3 Å². The van der Waals surface area contributed by atoms with Crippen LogP contribution in [0.15, 0.2) is 77.7 Å². The van der Waals surface area contributed by atoms with Gasteiger partial charge < -0.3 is 15.0 Å². The number of nitrogens with zero attached hydrogens (tertiary/aromatic N) is 2. The van der Waals surface area contributed by atoms with Crippen LogP contribution in [0.4, 0.5) is 5.69 Å². The maximum absolute atomic E-state index is 14.1. The van der Waals surface area contributed by atoms with Gasteiger partial charge in [-0.05, 0) is 69.2 Å². The summed E-state index contributed by atoms with van der Waals surface area (Å²) in [6.07, 6.45) is 0.331. The zero-order valence-corrected chi connectivity index (χ0v) is 25.0. The molecule has 0 saturated heterocycles. The van der Waals surface area contributed by atoms with Gasteiger partial charge in [-0.25, -0.2) is 8.42 Å². The minimum atomic E-state index is -4.19. The molecule has 214 valence electrons. The third-order valence-corrected chi connectivity index (χ3v) is 8.35. The molecule has 0 aliphatic carbocycles. The Hall–Kier alpha value is -3.56. The van der Waals surface area contributed by atoms with Crippen molar-refractivity contribution in [1.29, 1.82) is 0 Å². The van der Waals surface area contributed by atoms with Crippen LogP contribution in [0.5, 0.6) is 5.75 Å². The molecule has 3 aromatic carbocycles. The van der Waals surface area contributed by atoms with Crippen LogP contribution >= 0.6 is 11.6 Å². The third-order valence-electron chi connectivity index (χ3n) is 6.32. The number of aryl methyl sites for hydroxylation is 1. The van der Waals surface area contributed by atoms with Crippen molar-refractivity contribution in [1.82, 2.24) is 10.2 Å². The van der Waals surface area contributed by atoms with Gasteiger partial charge in [-0.15, -0.1) is 0 Å². The van der Waals surface area contributed by atoms with E-state index in [0.29, 0.717) is 17.2 Å². The fourth-order valence-corrected chi connectivity index (χ4v) is 5.82. The number of halogens is 1. The number of hydrogen-bond donors (Lipinski definition) is 1. The van der Waals surface area contributed by atoms with Gasteiger partial charge in [0.25, 0.3) is 10.0 Å². The minimum absolute atomic E-state index is 0.0330. The molecular weight excluding hydrogens is 550 g/mol. The van der Waals surface area contributed by atoms with Gasteiger partial charge in [0.05, 0.1) is 17.7 Å². The first-order valence-electron chi connectivity index (χ1n) is 13.0. The molecule has 3 aromatic rings. The number of methoxy groups -OCH3 is 1. The molecule has 3 rings (SSSR count). The Morgan fingerprint density at radius 1 is 0.975 bits per heavy atom. The van der Waals surface area contributed by atoms with Crippen molar-refractivity contribution in [3.8, 4) is 5.75 Å². The second-order valence-electron chi connectivity index (χ2n) is 9.73. The third kappa shape index (κ3) is 7.55. The van der Waals surface area contributed by atoms with Crippen LogP contribution in [-0.4, -0.2) is 50.9 Å². The highest BCUT2D eigenvalue weighted by atomic mass is 35.5. The van der Waals surface area contributed by atoms with Crippen molar-refractivity contribution in [2.45, 2.75) is 57.6 Å². The van der Waals surface area contributed by atoms with Crippen molar-refractivity contribution in [2.75, 3.05) is 18.0 Å². The van der Waals surface area contributed by atoms with E-state index in [1.54, 1.807) is 60.7 Å². The molecule has 0 spiro atoms. The summed E-state index contributed by atoms with van der Waals surface area (Å²) < 4.78 is 34.5. The number of amides is 2. The summed E-state index contributed by atoms with van der Waals surface area (Å²) in [5.74, 6) is -0.563.